The van der Waals surface area contributed by atoms with Crippen molar-refractivity contribution in [2.24, 2.45) is 5.73 Å². The molecule has 0 radical (unpaired) electrons. The van der Waals surface area contributed by atoms with E-state index in [1.165, 1.54) is 12.1 Å². The van der Waals surface area contributed by atoms with Gasteiger partial charge in [0.2, 0.25) is 5.76 Å². The Morgan fingerprint density at radius 1 is 1.25 bits per heavy atom. The van der Waals surface area contributed by atoms with Crippen LogP contribution >= 0.6 is 15.9 Å². The third kappa shape index (κ3) is 3.19. The van der Waals surface area contributed by atoms with Gasteiger partial charge in [-0.2, -0.15) is 13.2 Å². The van der Waals surface area contributed by atoms with Gasteiger partial charge in [0.05, 0.1) is 5.56 Å². The molecular formula is C16H14BrF3N2O2. The van der Waals surface area contributed by atoms with Crippen molar-refractivity contribution in [1.82, 2.24) is 5.16 Å². The predicted octanol–water partition coefficient (Wildman–Crippen LogP) is 4.49. The number of hydrogen-bond acceptors (Lipinski definition) is 3. The first-order valence-electron chi connectivity index (χ1n) is 7.38. The fraction of sp³-hybridized carbons (Fsp3) is 0.375. The number of amides is 1. The van der Waals surface area contributed by atoms with Crippen LogP contribution in [0.1, 0.15) is 46.9 Å². The number of nitrogens with two attached hydrogens (primary N) is 1. The molecule has 1 fully saturated rings. The standard InChI is InChI=1S/C16H14BrF3N2O2/c17-11-6-3-9(7-11)12-13(22-24-14(12)15(21)23)8-1-4-10(5-2-8)16(18,19)20/h1-2,4-5,9,11H,3,6-7H2,(H2,21,23). The summed E-state index contributed by atoms with van der Waals surface area (Å²) >= 11 is 3.55. The van der Waals surface area contributed by atoms with Gasteiger partial charge in [0.15, 0.2) is 0 Å². The molecule has 0 saturated heterocycles. The van der Waals surface area contributed by atoms with Crippen molar-refractivity contribution in [1.29, 1.82) is 0 Å². The third-order valence-corrected chi connectivity index (χ3v) is 5.05. The molecule has 8 heteroatoms. The van der Waals surface area contributed by atoms with Crippen LogP contribution in [0.3, 0.4) is 0 Å². The van der Waals surface area contributed by atoms with Gasteiger partial charge >= 0.3 is 6.18 Å². The molecule has 1 heterocycles. The summed E-state index contributed by atoms with van der Waals surface area (Å²) in [7, 11) is 0. The van der Waals surface area contributed by atoms with Gasteiger partial charge in [-0.15, -0.1) is 0 Å². The van der Waals surface area contributed by atoms with Crippen LogP contribution in [-0.2, 0) is 6.18 Å². The molecule has 1 amide bonds. The van der Waals surface area contributed by atoms with Crippen molar-refractivity contribution in [3.8, 4) is 11.3 Å². The Labute approximate surface area is 144 Å². The van der Waals surface area contributed by atoms with E-state index >= 15 is 0 Å². The summed E-state index contributed by atoms with van der Waals surface area (Å²) in [4.78, 5) is 11.9. The minimum absolute atomic E-state index is 0.0171. The SMILES string of the molecule is NC(=O)c1onc(-c2ccc(C(F)(F)F)cc2)c1C1CCC(Br)C1. The number of carbonyl (C=O) groups is 1. The second kappa shape index (κ2) is 6.23. The van der Waals surface area contributed by atoms with Gasteiger partial charge in [-0.1, -0.05) is 33.2 Å². The minimum atomic E-state index is -4.40. The highest BCUT2D eigenvalue weighted by Crippen LogP contribution is 2.43. The molecule has 2 aromatic rings. The summed E-state index contributed by atoms with van der Waals surface area (Å²) in [5.74, 6) is -0.717. The molecule has 0 bridgehead atoms. The van der Waals surface area contributed by atoms with Crippen LogP contribution in [0.25, 0.3) is 11.3 Å². The highest BCUT2D eigenvalue weighted by atomic mass is 79.9. The van der Waals surface area contributed by atoms with Crippen LogP contribution < -0.4 is 5.73 Å². The number of rotatable bonds is 3. The van der Waals surface area contributed by atoms with Gasteiger partial charge in [0.25, 0.3) is 5.91 Å². The molecule has 0 aliphatic heterocycles. The smallest absolute Gasteiger partial charge is 0.363 e. The van der Waals surface area contributed by atoms with Crippen molar-refractivity contribution in [2.45, 2.75) is 36.2 Å². The molecular weight excluding hydrogens is 389 g/mol. The zero-order valence-corrected chi connectivity index (χ0v) is 14.0. The van der Waals surface area contributed by atoms with E-state index in [-0.39, 0.29) is 11.7 Å². The van der Waals surface area contributed by atoms with Gasteiger partial charge in [-0.25, -0.2) is 0 Å². The second-order valence-electron chi connectivity index (χ2n) is 5.82. The van der Waals surface area contributed by atoms with E-state index in [0.717, 1.165) is 31.4 Å². The maximum atomic E-state index is 12.7. The van der Waals surface area contributed by atoms with Gasteiger partial charge in [0.1, 0.15) is 5.69 Å². The predicted molar refractivity (Wildman–Crippen MR) is 84.8 cm³/mol. The average Bonchev–Trinajstić information content (AvgIpc) is 3.12. The van der Waals surface area contributed by atoms with Crippen LogP contribution in [0.5, 0.6) is 0 Å². The Kier molecular flexibility index (Phi) is 4.42. The molecule has 4 nitrogen and oxygen atoms in total. The van der Waals surface area contributed by atoms with Gasteiger partial charge in [-0.3, -0.25) is 4.79 Å². The van der Waals surface area contributed by atoms with E-state index in [4.69, 9.17) is 10.3 Å². The number of aromatic nitrogens is 1. The topological polar surface area (TPSA) is 69.1 Å². The summed E-state index contributed by atoms with van der Waals surface area (Å²) in [5, 5.41) is 3.90. The first-order chi connectivity index (χ1) is 11.3. The number of carbonyl (C=O) groups excluding carboxylic acids is 1. The van der Waals surface area contributed by atoms with E-state index in [1.54, 1.807) is 0 Å². The lowest BCUT2D eigenvalue weighted by molar-refractivity contribution is -0.137. The van der Waals surface area contributed by atoms with E-state index in [9.17, 15) is 18.0 Å². The molecule has 3 rings (SSSR count). The van der Waals surface area contributed by atoms with Gasteiger partial charge in [0, 0.05) is 16.0 Å². The van der Waals surface area contributed by atoms with Gasteiger partial charge in [-0.05, 0) is 37.3 Å². The molecule has 2 atom stereocenters. The molecule has 1 saturated carbocycles. The summed E-state index contributed by atoms with van der Waals surface area (Å²) in [6.07, 6.45) is -1.86. The lowest BCUT2D eigenvalue weighted by Crippen LogP contribution is -2.13. The molecule has 24 heavy (non-hydrogen) atoms. The van der Waals surface area contributed by atoms with Crippen molar-refractivity contribution in [2.75, 3.05) is 0 Å². The first kappa shape index (κ1) is 17.0. The number of primary amides is 1. The lowest BCUT2D eigenvalue weighted by atomic mass is 9.92. The Morgan fingerprint density at radius 3 is 2.42 bits per heavy atom. The molecule has 1 aromatic carbocycles. The lowest BCUT2D eigenvalue weighted by Gasteiger charge is -2.11. The van der Waals surface area contributed by atoms with Crippen molar-refractivity contribution >= 4 is 21.8 Å². The molecule has 128 valence electrons. The Morgan fingerprint density at radius 2 is 1.92 bits per heavy atom. The molecule has 2 N–H and O–H groups in total. The van der Waals surface area contributed by atoms with Crippen molar-refractivity contribution < 1.29 is 22.5 Å². The molecule has 0 spiro atoms. The van der Waals surface area contributed by atoms with E-state index in [2.05, 4.69) is 21.1 Å². The highest BCUT2D eigenvalue weighted by molar-refractivity contribution is 9.09. The van der Waals surface area contributed by atoms with E-state index in [0.29, 0.717) is 21.6 Å². The largest absolute Gasteiger partial charge is 0.416 e. The number of benzene rings is 1. The van der Waals surface area contributed by atoms with Crippen LogP contribution in [0.15, 0.2) is 28.8 Å². The van der Waals surface area contributed by atoms with Crippen LogP contribution in [0.2, 0.25) is 0 Å². The Bertz CT molecular complexity index is 756. The van der Waals surface area contributed by atoms with Crippen LogP contribution in [0, 0.1) is 0 Å². The number of nitrogens with zero attached hydrogens (tertiary/aromatic N) is 1. The summed E-state index contributed by atoms with van der Waals surface area (Å²) in [6.45, 7) is 0. The number of hydrogen-bond donors (Lipinski definition) is 1. The molecule has 1 aromatic heterocycles. The number of halogens is 4. The van der Waals surface area contributed by atoms with Gasteiger partial charge < -0.3 is 10.3 Å². The first-order valence-corrected chi connectivity index (χ1v) is 8.30. The van der Waals surface area contributed by atoms with Crippen molar-refractivity contribution in [3.05, 3.63) is 41.2 Å². The Hall–Kier alpha value is -1.83. The molecule has 1 aliphatic rings. The summed E-state index contributed by atoms with van der Waals surface area (Å²) in [6, 6.07) is 4.63. The quantitative estimate of drug-likeness (QED) is 0.768. The fourth-order valence-electron chi connectivity index (χ4n) is 3.07. The highest BCUT2D eigenvalue weighted by Gasteiger charge is 2.34. The van der Waals surface area contributed by atoms with Crippen molar-refractivity contribution in [3.63, 3.8) is 0 Å². The van der Waals surface area contributed by atoms with E-state index < -0.39 is 17.6 Å². The summed E-state index contributed by atoms with van der Waals surface area (Å²) < 4.78 is 43.2. The Balaban J connectivity index is 2.03. The maximum absolute atomic E-state index is 12.7. The van der Waals surface area contributed by atoms with Crippen LogP contribution in [0.4, 0.5) is 13.2 Å². The maximum Gasteiger partial charge on any atom is 0.416 e. The zero-order valence-electron chi connectivity index (χ0n) is 12.4. The minimum Gasteiger partial charge on any atom is -0.363 e. The molecule has 2 unspecified atom stereocenters. The normalized spacial score (nSPS) is 21.2. The monoisotopic (exact) mass is 402 g/mol. The van der Waals surface area contributed by atoms with E-state index in [1.807, 2.05) is 0 Å². The third-order valence-electron chi connectivity index (χ3n) is 4.21. The summed E-state index contributed by atoms with van der Waals surface area (Å²) in [5.41, 5.74) is 6.04. The zero-order chi connectivity index (χ0) is 17.5. The second-order valence-corrected chi connectivity index (χ2v) is 7.12. The molecule has 1 aliphatic carbocycles. The van der Waals surface area contributed by atoms with Crippen LogP contribution in [-0.4, -0.2) is 15.9 Å². The average molecular weight is 403 g/mol. The number of alkyl halides is 4. The fourth-order valence-corrected chi connectivity index (χ4v) is 3.78.